The number of pyridine rings is 1. The van der Waals surface area contributed by atoms with E-state index in [4.69, 9.17) is 0 Å². The van der Waals surface area contributed by atoms with Crippen molar-refractivity contribution in [1.82, 2.24) is 19.9 Å². The fourth-order valence-corrected chi connectivity index (χ4v) is 4.56. The second-order valence-electron chi connectivity index (χ2n) is 7.37. The lowest BCUT2D eigenvalue weighted by atomic mass is 9.97. The van der Waals surface area contributed by atoms with Crippen LogP contribution in [0.25, 0.3) is 11.2 Å². The lowest BCUT2D eigenvalue weighted by Crippen LogP contribution is -2.45. The van der Waals surface area contributed by atoms with Crippen molar-refractivity contribution in [3.05, 3.63) is 28.7 Å². The van der Waals surface area contributed by atoms with Crippen LogP contribution in [0.5, 0.6) is 0 Å². The molecule has 3 rings (SSSR count). The van der Waals surface area contributed by atoms with Gasteiger partial charge in [0, 0.05) is 32.4 Å². The largest absolute Gasteiger partial charge is 0.356 e. The van der Waals surface area contributed by atoms with Gasteiger partial charge in [-0.2, -0.15) is 11.8 Å². The van der Waals surface area contributed by atoms with Gasteiger partial charge in [-0.05, 0) is 56.2 Å². The fraction of sp³-hybridized carbons (Fsp3) is 0.619. The highest BCUT2D eigenvalue weighted by Gasteiger charge is 2.28. The summed E-state index contributed by atoms with van der Waals surface area (Å²) in [6.45, 7) is 6.65. The first-order valence-electron chi connectivity index (χ1n) is 10.6. The zero-order valence-corrected chi connectivity index (χ0v) is 18.2. The van der Waals surface area contributed by atoms with Crippen molar-refractivity contribution in [3.63, 3.8) is 0 Å². The van der Waals surface area contributed by atoms with Crippen molar-refractivity contribution in [3.8, 4) is 0 Å². The number of hydrogen-bond donors (Lipinski definition) is 1. The maximum Gasteiger partial charge on any atom is 0.295 e. The molecular weight excluding hydrogens is 386 g/mol. The number of carbonyl (C=O) groups excluding carboxylic acids is 1. The molecule has 158 valence electrons. The average Bonchev–Trinajstić information content (AvgIpc) is 2.75. The smallest absolute Gasteiger partial charge is 0.295 e. The van der Waals surface area contributed by atoms with Crippen LogP contribution in [0, 0.1) is 5.92 Å². The molecule has 7 nitrogen and oxygen atoms in total. The summed E-state index contributed by atoms with van der Waals surface area (Å²) in [5, 5.41) is 3.08. The van der Waals surface area contributed by atoms with Gasteiger partial charge in [0.1, 0.15) is 5.52 Å². The third kappa shape index (κ3) is 5.29. The average molecular weight is 418 g/mol. The second-order valence-corrected chi connectivity index (χ2v) is 8.60. The zero-order chi connectivity index (χ0) is 20.6. The first-order chi connectivity index (χ1) is 14.2. The number of amides is 1. The van der Waals surface area contributed by atoms with Gasteiger partial charge >= 0.3 is 0 Å². The summed E-state index contributed by atoms with van der Waals surface area (Å²) >= 11 is 1.93. The Morgan fingerprint density at radius 3 is 3.00 bits per heavy atom. The quantitative estimate of drug-likeness (QED) is 0.632. The lowest BCUT2D eigenvalue weighted by molar-refractivity contribution is -0.125. The predicted molar refractivity (Wildman–Crippen MR) is 120 cm³/mol. The van der Waals surface area contributed by atoms with Gasteiger partial charge in [-0.25, -0.2) is 9.97 Å². The van der Waals surface area contributed by atoms with E-state index in [1.807, 2.05) is 35.7 Å². The van der Waals surface area contributed by atoms with Crippen LogP contribution >= 0.6 is 11.8 Å². The van der Waals surface area contributed by atoms with E-state index in [-0.39, 0.29) is 17.4 Å². The SMILES string of the molecule is CCCSCCCNC(=O)[C@H]1CCCN(c2nc3cccnc3n(CC)c2=O)C1. The van der Waals surface area contributed by atoms with Gasteiger partial charge in [0.05, 0.1) is 5.92 Å². The number of carbonyl (C=O) groups is 1. The van der Waals surface area contributed by atoms with Gasteiger partial charge in [0.2, 0.25) is 5.91 Å². The van der Waals surface area contributed by atoms with Crippen molar-refractivity contribution in [2.75, 3.05) is 36.0 Å². The maximum absolute atomic E-state index is 13.0. The van der Waals surface area contributed by atoms with E-state index in [2.05, 4.69) is 22.2 Å². The number of nitrogens with zero attached hydrogens (tertiary/aromatic N) is 4. The number of aromatic nitrogens is 3. The number of thioether (sulfide) groups is 1. The molecule has 0 aromatic carbocycles. The molecule has 8 heteroatoms. The predicted octanol–water partition coefficient (Wildman–Crippen LogP) is 2.68. The van der Waals surface area contributed by atoms with Crippen LogP contribution in [-0.2, 0) is 11.3 Å². The summed E-state index contributed by atoms with van der Waals surface area (Å²) in [7, 11) is 0. The van der Waals surface area contributed by atoms with Crippen molar-refractivity contribution in [2.45, 2.75) is 46.1 Å². The molecule has 2 aromatic rings. The molecule has 1 saturated heterocycles. The molecule has 0 spiro atoms. The summed E-state index contributed by atoms with van der Waals surface area (Å²) in [5.41, 5.74) is 1.18. The minimum Gasteiger partial charge on any atom is -0.356 e. The van der Waals surface area contributed by atoms with Crippen molar-refractivity contribution in [2.24, 2.45) is 5.92 Å². The van der Waals surface area contributed by atoms with E-state index in [0.717, 1.165) is 31.6 Å². The van der Waals surface area contributed by atoms with E-state index >= 15 is 0 Å². The van der Waals surface area contributed by atoms with Gasteiger partial charge in [-0.15, -0.1) is 0 Å². The number of fused-ring (bicyclic) bond motifs is 1. The number of hydrogen-bond acceptors (Lipinski definition) is 6. The molecule has 1 N–H and O–H groups in total. The Balaban J connectivity index is 1.67. The molecule has 0 bridgehead atoms. The third-order valence-electron chi connectivity index (χ3n) is 5.21. The molecule has 0 aliphatic carbocycles. The molecule has 3 heterocycles. The van der Waals surface area contributed by atoms with Crippen LogP contribution in [0.4, 0.5) is 5.82 Å². The topological polar surface area (TPSA) is 80.1 Å². The molecule has 0 saturated carbocycles. The number of nitrogens with one attached hydrogen (secondary N) is 1. The summed E-state index contributed by atoms with van der Waals surface area (Å²) in [4.78, 5) is 36.5. The molecule has 0 radical (unpaired) electrons. The number of aryl methyl sites for hydroxylation is 1. The van der Waals surface area contributed by atoms with Crippen LogP contribution in [0.1, 0.15) is 39.5 Å². The number of anilines is 1. The van der Waals surface area contributed by atoms with Crippen LogP contribution < -0.4 is 15.8 Å². The summed E-state index contributed by atoms with van der Waals surface area (Å²) < 4.78 is 1.66. The number of piperidine rings is 1. The lowest BCUT2D eigenvalue weighted by Gasteiger charge is -2.32. The minimum atomic E-state index is -0.132. The summed E-state index contributed by atoms with van der Waals surface area (Å²) in [5.74, 6) is 2.67. The van der Waals surface area contributed by atoms with Crippen molar-refractivity contribution >= 4 is 34.7 Å². The van der Waals surface area contributed by atoms with E-state index in [9.17, 15) is 9.59 Å². The first kappa shape index (κ1) is 21.6. The Kier molecular flexibility index (Phi) is 7.91. The first-order valence-corrected chi connectivity index (χ1v) is 11.8. The Hall–Kier alpha value is -2.09. The van der Waals surface area contributed by atoms with Gasteiger partial charge in [0.25, 0.3) is 5.56 Å². The van der Waals surface area contributed by atoms with Gasteiger partial charge in [-0.3, -0.25) is 14.2 Å². The molecule has 2 aromatic heterocycles. The third-order valence-corrected chi connectivity index (χ3v) is 6.48. The minimum absolute atomic E-state index is 0.0912. The Morgan fingerprint density at radius 1 is 1.34 bits per heavy atom. The van der Waals surface area contributed by atoms with Gasteiger partial charge in [-0.1, -0.05) is 6.92 Å². The normalized spacial score (nSPS) is 16.9. The van der Waals surface area contributed by atoms with E-state index in [1.165, 1.54) is 12.2 Å². The van der Waals surface area contributed by atoms with E-state index in [1.54, 1.807) is 10.8 Å². The Labute approximate surface area is 176 Å². The van der Waals surface area contributed by atoms with Crippen LogP contribution in [-0.4, -0.2) is 51.6 Å². The Bertz CT molecular complexity index is 885. The standard InChI is InChI=1S/C21H31N5O2S/c1-3-13-29-14-7-11-23-20(27)16-8-6-12-25(15-16)19-21(28)26(4-2)18-17(24-19)9-5-10-22-18/h5,9-10,16H,3-4,6-8,11-15H2,1-2H3,(H,23,27)/t16-/m0/s1. The maximum atomic E-state index is 13.0. The van der Waals surface area contributed by atoms with Gasteiger partial charge < -0.3 is 10.2 Å². The monoisotopic (exact) mass is 417 g/mol. The summed E-state index contributed by atoms with van der Waals surface area (Å²) in [6.07, 6.45) is 5.59. The zero-order valence-electron chi connectivity index (χ0n) is 17.4. The molecule has 0 unspecified atom stereocenters. The second kappa shape index (κ2) is 10.6. The highest BCUT2D eigenvalue weighted by Crippen LogP contribution is 2.21. The van der Waals surface area contributed by atoms with Crippen molar-refractivity contribution in [1.29, 1.82) is 0 Å². The molecule has 1 aliphatic heterocycles. The molecule has 29 heavy (non-hydrogen) atoms. The van der Waals surface area contributed by atoms with E-state index < -0.39 is 0 Å². The molecular formula is C21H31N5O2S. The molecule has 1 aliphatic rings. The van der Waals surface area contributed by atoms with Crippen LogP contribution in [0.2, 0.25) is 0 Å². The molecule has 1 atom stereocenters. The van der Waals surface area contributed by atoms with Crippen LogP contribution in [0.3, 0.4) is 0 Å². The summed E-state index contributed by atoms with van der Waals surface area (Å²) in [6, 6.07) is 3.71. The molecule has 1 fully saturated rings. The fourth-order valence-electron chi connectivity index (χ4n) is 3.72. The van der Waals surface area contributed by atoms with Crippen molar-refractivity contribution < 1.29 is 4.79 Å². The highest BCUT2D eigenvalue weighted by molar-refractivity contribution is 7.99. The Morgan fingerprint density at radius 2 is 2.21 bits per heavy atom. The number of rotatable bonds is 9. The van der Waals surface area contributed by atoms with Gasteiger partial charge in [0.15, 0.2) is 11.5 Å². The molecule has 1 amide bonds. The highest BCUT2D eigenvalue weighted by atomic mass is 32.2. The van der Waals surface area contributed by atoms with Crippen LogP contribution in [0.15, 0.2) is 23.1 Å². The van der Waals surface area contributed by atoms with E-state index in [0.29, 0.717) is 36.6 Å².